The van der Waals surface area contributed by atoms with E-state index in [4.69, 9.17) is 18.9 Å². The van der Waals surface area contributed by atoms with Crippen LogP contribution in [0.4, 0.5) is 0 Å². The second-order valence-electron chi connectivity index (χ2n) is 11.0. The zero-order valence-electron chi connectivity index (χ0n) is 18.7. The first-order valence-electron chi connectivity index (χ1n) is 11.1. The van der Waals surface area contributed by atoms with E-state index in [0.29, 0.717) is 24.2 Å². The van der Waals surface area contributed by atoms with Gasteiger partial charge in [-0.15, -0.1) is 0 Å². The molecule has 4 fully saturated rings. The lowest BCUT2D eigenvalue weighted by molar-refractivity contribution is -0.221. The van der Waals surface area contributed by atoms with Crippen molar-refractivity contribution in [2.24, 2.45) is 28.6 Å². The molecule has 8 nitrogen and oxygen atoms in total. The number of hydrogen-bond donors (Lipinski definition) is 0. The lowest BCUT2D eigenvalue weighted by Gasteiger charge is -2.56. The normalized spacial score (nSPS) is 50.3. The molecule has 0 unspecified atom stereocenters. The number of ketones is 2. The summed E-state index contributed by atoms with van der Waals surface area (Å²) in [6, 6.07) is 0. The van der Waals surface area contributed by atoms with Crippen LogP contribution in [0.2, 0.25) is 0 Å². The van der Waals surface area contributed by atoms with Gasteiger partial charge in [0.2, 0.25) is 6.29 Å². The molecule has 0 radical (unpaired) electrons. The highest BCUT2D eigenvalue weighted by Crippen LogP contribution is 2.69. The predicted octanol–water partition coefficient (Wildman–Crippen LogP) is 1.66. The Kier molecular flexibility index (Phi) is 3.55. The number of carbonyl (C=O) groups is 4. The number of ether oxygens (including phenoxy) is 4. The zero-order valence-corrected chi connectivity index (χ0v) is 18.7. The summed E-state index contributed by atoms with van der Waals surface area (Å²) >= 11 is 0. The Bertz CT molecular complexity index is 1080. The topological polar surface area (TPSA) is 108 Å². The molecule has 0 aromatic rings. The van der Waals surface area contributed by atoms with Gasteiger partial charge in [-0.2, -0.15) is 0 Å². The molecular formula is C24H26O8. The van der Waals surface area contributed by atoms with Gasteiger partial charge in [0.1, 0.15) is 17.3 Å². The number of epoxide rings is 1. The van der Waals surface area contributed by atoms with Crippen molar-refractivity contribution in [3.8, 4) is 0 Å². The third-order valence-corrected chi connectivity index (χ3v) is 8.96. The molecular weight excluding hydrogens is 416 g/mol. The third-order valence-electron chi connectivity index (χ3n) is 8.96. The maximum atomic E-state index is 14.0. The van der Waals surface area contributed by atoms with Crippen LogP contribution in [-0.2, 0) is 38.1 Å². The fourth-order valence-electron chi connectivity index (χ4n) is 7.17. The summed E-state index contributed by atoms with van der Waals surface area (Å²) in [5.41, 5.74) is -2.88. The highest BCUT2D eigenvalue weighted by molar-refractivity contribution is 6.04. The van der Waals surface area contributed by atoms with Gasteiger partial charge in [-0.25, -0.2) is 4.79 Å². The lowest BCUT2D eigenvalue weighted by atomic mass is 9.45. The Morgan fingerprint density at radius 2 is 1.69 bits per heavy atom. The summed E-state index contributed by atoms with van der Waals surface area (Å²) < 4.78 is 23.0. The second-order valence-corrected chi connectivity index (χ2v) is 11.0. The smallest absolute Gasteiger partial charge is 0.332 e. The number of esters is 2. The van der Waals surface area contributed by atoms with Crippen LogP contribution in [0.25, 0.3) is 0 Å². The number of carbonyl (C=O) groups excluding carboxylic acids is 4. The molecule has 8 atom stereocenters. The van der Waals surface area contributed by atoms with Crippen molar-refractivity contribution in [3.63, 3.8) is 0 Å². The minimum Gasteiger partial charge on any atom is -0.452 e. The summed E-state index contributed by atoms with van der Waals surface area (Å²) in [5, 5.41) is 0. The average Bonchev–Trinajstić information content (AvgIpc) is 3.45. The Morgan fingerprint density at radius 3 is 2.34 bits per heavy atom. The molecule has 6 aliphatic rings. The number of cyclic esters (lactones) is 1. The van der Waals surface area contributed by atoms with E-state index < -0.39 is 64.1 Å². The zero-order chi connectivity index (χ0) is 23.0. The number of Topliss-reactive ketones (excluding diaryl/α,β-unsaturated/α-hetero) is 1. The number of hydrogen-bond acceptors (Lipinski definition) is 8. The largest absolute Gasteiger partial charge is 0.452 e. The third kappa shape index (κ3) is 2.11. The fourth-order valence-corrected chi connectivity index (χ4v) is 7.17. The van der Waals surface area contributed by atoms with Gasteiger partial charge in [-0.3, -0.25) is 14.4 Å². The van der Waals surface area contributed by atoms with Crippen LogP contribution in [0, 0.1) is 28.6 Å². The van der Waals surface area contributed by atoms with Crippen molar-refractivity contribution >= 4 is 23.5 Å². The van der Waals surface area contributed by atoms with Crippen molar-refractivity contribution in [1.29, 1.82) is 0 Å². The second kappa shape index (κ2) is 5.59. The van der Waals surface area contributed by atoms with Crippen LogP contribution < -0.4 is 0 Å². The molecule has 8 heteroatoms. The molecule has 170 valence electrons. The van der Waals surface area contributed by atoms with Gasteiger partial charge >= 0.3 is 11.9 Å². The summed E-state index contributed by atoms with van der Waals surface area (Å²) in [6.45, 7) is 9.04. The van der Waals surface area contributed by atoms with Gasteiger partial charge in [0.15, 0.2) is 11.6 Å². The van der Waals surface area contributed by atoms with Crippen LogP contribution >= 0.6 is 0 Å². The highest BCUT2D eigenvalue weighted by Gasteiger charge is 2.77. The lowest BCUT2D eigenvalue weighted by Crippen LogP contribution is -2.65. The summed E-state index contributed by atoms with van der Waals surface area (Å²) in [5.74, 6) is -3.14. The fraction of sp³-hybridized carbons (Fsp3) is 0.667. The standard InChI is InChI=1S/C24H26O8/c1-10-18(27)16-17-19(30-10)31-20(28)22(17,4)8-13-23(16,5)14(25)6-11-12(24(13)9-29-24)7-15(26)32-21(11,2)3/h6-7,10,13,16-17,19H,8-9H2,1-5H3/t10-,13-,16+,17+,19-,22+,23-,24+/m1/s1. The van der Waals surface area contributed by atoms with Gasteiger partial charge in [0, 0.05) is 40.4 Å². The summed E-state index contributed by atoms with van der Waals surface area (Å²) in [6.07, 6.45) is 1.58. The van der Waals surface area contributed by atoms with E-state index in [2.05, 4.69) is 0 Å². The van der Waals surface area contributed by atoms with Gasteiger partial charge in [0.25, 0.3) is 0 Å². The molecule has 0 bridgehead atoms. The Balaban J connectivity index is 1.62. The van der Waals surface area contributed by atoms with E-state index in [1.54, 1.807) is 27.7 Å². The first-order valence-corrected chi connectivity index (χ1v) is 11.1. The monoisotopic (exact) mass is 442 g/mol. The molecule has 3 saturated heterocycles. The maximum absolute atomic E-state index is 14.0. The predicted molar refractivity (Wildman–Crippen MR) is 107 cm³/mol. The van der Waals surface area contributed by atoms with Gasteiger partial charge in [-0.05, 0) is 40.2 Å². The van der Waals surface area contributed by atoms with Crippen LogP contribution in [-0.4, -0.2) is 53.7 Å². The first-order chi connectivity index (χ1) is 14.9. The minimum atomic E-state index is -1.15. The Morgan fingerprint density at radius 1 is 1.00 bits per heavy atom. The molecule has 0 amide bonds. The van der Waals surface area contributed by atoms with E-state index in [9.17, 15) is 19.2 Å². The van der Waals surface area contributed by atoms with Crippen molar-refractivity contribution in [2.75, 3.05) is 6.61 Å². The van der Waals surface area contributed by atoms with E-state index in [-0.39, 0.29) is 11.6 Å². The first kappa shape index (κ1) is 20.3. The van der Waals surface area contributed by atoms with E-state index >= 15 is 0 Å². The van der Waals surface area contributed by atoms with Crippen molar-refractivity contribution in [2.45, 2.75) is 64.6 Å². The maximum Gasteiger partial charge on any atom is 0.332 e. The molecule has 1 saturated carbocycles. The van der Waals surface area contributed by atoms with E-state index in [1.807, 2.05) is 6.92 Å². The number of fused-ring (bicyclic) bond motifs is 5. The minimum absolute atomic E-state index is 0.198. The van der Waals surface area contributed by atoms with Crippen LogP contribution in [0.3, 0.4) is 0 Å². The van der Waals surface area contributed by atoms with E-state index in [0.717, 1.165) is 0 Å². The van der Waals surface area contributed by atoms with Crippen LogP contribution in [0.5, 0.6) is 0 Å². The Labute approximate surface area is 185 Å². The van der Waals surface area contributed by atoms with Crippen molar-refractivity contribution in [1.82, 2.24) is 0 Å². The highest BCUT2D eigenvalue weighted by atomic mass is 16.7. The number of rotatable bonds is 0. The molecule has 0 aromatic carbocycles. The molecule has 1 spiro atoms. The Hall–Kier alpha value is -2.32. The quantitative estimate of drug-likeness (QED) is 0.412. The average molecular weight is 442 g/mol. The molecule has 0 aromatic heterocycles. The number of allylic oxidation sites excluding steroid dienone is 1. The molecule has 6 rings (SSSR count). The molecule has 32 heavy (non-hydrogen) atoms. The van der Waals surface area contributed by atoms with Gasteiger partial charge in [0.05, 0.1) is 12.0 Å². The van der Waals surface area contributed by atoms with Crippen molar-refractivity contribution < 1.29 is 38.1 Å². The molecule has 2 aliphatic carbocycles. The van der Waals surface area contributed by atoms with Crippen molar-refractivity contribution in [3.05, 3.63) is 23.3 Å². The van der Waals surface area contributed by atoms with Crippen LogP contribution in [0.1, 0.15) is 41.0 Å². The van der Waals surface area contributed by atoms with Crippen LogP contribution in [0.15, 0.2) is 23.3 Å². The SMILES string of the molecule is C[C@H]1O[C@@H]2OC(=O)[C@@]3(C)C[C@@H]4[C@](C)(C(=O)C=C5C(=CC(=O)OC5(C)C)[C@@]45CO5)[C@H](C1=O)[C@@H]23. The van der Waals surface area contributed by atoms with E-state index in [1.165, 1.54) is 12.2 Å². The van der Waals surface area contributed by atoms with Gasteiger partial charge < -0.3 is 18.9 Å². The molecule has 4 heterocycles. The molecule has 4 aliphatic heterocycles. The summed E-state index contributed by atoms with van der Waals surface area (Å²) in [4.78, 5) is 53.1. The summed E-state index contributed by atoms with van der Waals surface area (Å²) in [7, 11) is 0. The molecule has 0 N–H and O–H groups in total. The van der Waals surface area contributed by atoms with Gasteiger partial charge in [-0.1, -0.05) is 6.92 Å².